The zero-order valence-electron chi connectivity index (χ0n) is 18.6. The fourth-order valence-electron chi connectivity index (χ4n) is 6.41. The fraction of sp³-hybridized carbons (Fsp3) is 0.462. The van der Waals surface area contributed by atoms with Crippen LogP contribution in [-0.2, 0) is 28.3 Å². The zero-order valence-corrected chi connectivity index (χ0v) is 20.2. The molecule has 0 radical (unpaired) electrons. The van der Waals surface area contributed by atoms with E-state index in [2.05, 4.69) is 40.5 Å². The molecule has 0 bridgehead atoms. The van der Waals surface area contributed by atoms with E-state index in [0.717, 1.165) is 44.3 Å². The van der Waals surface area contributed by atoms with Gasteiger partial charge in [-0.3, -0.25) is 9.62 Å². The molecule has 2 aromatic carbocycles. The monoisotopic (exact) mass is 486 g/mol. The number of nitrogens with one attached hydrogen (secondary N) is 1. The molecule has 6 rings (SSSR count). The summed E-state index contributed by atoms with van der Waals surface area (Å²) in [6.07, 6.45) is 5.02. The minimum absolute atomic E-state index is 0. The molecule has 1 heterocycles. The molecule has 176 valence electrons. The highest BCUT2D eigenvalue weighted by atomic mass is 35.5. The molecule has 3 aliphatic carbocycles. The molecule has 0 aromatic heterocycles. The third-order valence-corrected chi connectivity index (χ3v) is 9.98. The van der Waals surface area contributed by atoms with E-state index in [9.17, 15) is 13.5 Å². The largest absolute Gasteiger partial charge is 0.388 e. The molecule has 3 fully saturated rings. The van der Waals surface area contributed by atoms with Gasteiger partial charge in [0.2, 0.25) is 10.0 Å². The molecular weight excluding hydrogens is 456 g/mol. The van der Waals surface area contributed by atoms with Gasteiger partial charge in [0.25, 0.3) is 0 Å². The van der Waals surface area contributed by atoms with Crippen molar-refractivity contribution in [2.45, 2.75) is 41.9 Å². The molecule has 33 heavy (non-hydrogen) atoms. The Labute approximate surface area is 202 Å². The molecule has 7 heteroatoms. The summed E-state index contributed by atoms with van der Waals surface area (Å²) < 4.78 is 27.5. The van der Waals surface area contributed by atoms with Gasteiger partial charge >= 0.3 is 0 Å². The number of likely N-dealkylation sites (tertiary alicyclic amines) is 1. The van der Waals surface area contributed by atoms with Crippen molar-refractivity contribution in [3.05, 3.63) is 77.9 Å². The van der Waals surface area contributed by atoms with Crippen molar-refractivity contribution in [1.29, 1.82) is 0 Å². The first kappa shape index (κ1) is 22.9. The summed E-state index contributed by atoms with van der Waals surface area (Å²) in [5, 5.41) is 11.0. The van der Waals surface area contributed by atoms with E-state index in [4.69, 9.17) is 0 Å². The zero-order chi connectivity index (χ0) is 22.1. The number of sulfonamides is 1. The maximum atomic E-state index is 12.4. The van der Waals surface area contributed by atoms with Crippen LogP contribution < -0.4 is 4.72 Å². The van der Waals surface area contributed by atoms with E-state index in [-0.39, 0.29) is 23.1 Å². The summed E-state index contributed by atoms with van der Waals surface area (Å²) in [6.45, 7) is 6.73. The second-order valence-electron chi connectivity index (χ2n) is 10.3. The summed E-state index contributed by atoms with van der Waals surface area (Å²) >= 11 is 0. The van der Waals surface area contributed by atoms with Crippen molar-refractivity contribution in [3.8, 4) is 0 Å². The second kappa shape index (κ2) is 7.84. The summed E-state index contributed by atoms with van der Waals surface area (Å²) in [4.78, 5) is 2.41. The molecule has 2 N–H and O–H groups in total. The van der Waals surface area contributed by atoms with Crippen molar-refractivity contribution in [1.82, 2.24) is 4.90 Å². The van der Waals surface area contributed by atoms with Crippen molar-refractivity contribution >= 4 is 28.1 Å². The van der Waals surface area contributed by atoms with Crippen LogP contribution in [0.15, 0.2) is 61.2 Å². The Hall–Kier alpha value is -1.86. The first-order valence-corrected chi connectivity index (χ1v) is 13.1. The predicted molar refractivity (Wildman–Crippen MR) is 133 cm³/mol. The normalized spacial score (nSPS) is 29.6. The molecule has 2 unspecified atom stereocenters. The van der Waals surface area contributed by atoms with Gasteiger partial charge in [-0.2, -0.15) is 0 Å². The van der Waals surface area contributed by atoms with Crippen LogP contribution in [0.4, 0.5) is 5.69 Å². The van der Waals surface area contributed by atoms with Crippen LogP contribution in [0.2, 0.25) is 0 Å². The van der Waals surface area contributed by atoms with Crippen LogP contribution in [0, 0.1) is 11.8 Å². The maximum Gasteiger partial charge on any atom is 0.235 e. The van der Waals surface area contributed by atoms with Gasteiger partial charge in [0.1, 0.15) is 0 Å². The van der Waals surface area contributed by atoms with Gasteiger partial charge in [-0.05, 0) is 53.5 Å². The van der Waals surface area contributed by atoms with Crippen molar-refractivity contribution in [2.24, 2.45) is 11.8 Å². The number of allylic oxidation sites excluding steroid dienone is 1. The Morgan fingerprint density at radius 1 is 1.06 bits per heavy atom. The highest BCUT2D eigenvalue weighted by molar-refractivity contribution is 7.93. The van der Waals surface area contributed by atoms with Gasteiger partial charge in [0, 0.05) is 43.6 Å². The van der Waals surface area contributed by atoms with Gasteiger partial charge in [0.05, 0.1) is 10.9 Å². The van der Waals surface area contributed by atoms with Gasteiger partial charge in [-0.1, -0.05) is 42.5 Å². The number of fused-ring (bicyclic) bond motifs is 2. The standard InChI is InChI=1S/C26H30N2O3S.ClH/c1-2-26(20-8-5-9-21(12-20)27-32(30,31)22-10-11-22)23-15-28(16-24(23)26)17-25(29)13-18-6-3-4-7-19(18)14-25;/h2-9,12,22-24,27,29H,1,10-11,13-17H2;1H. The summed E-state index contributed by atoms with van der Waals surface area (Å²) in [7, 11) is -3.27. The molecule has 0 spiro atoms. The topological polar surface area (TPSA) is 69.6 Å². The van der Waals surface area contributed by atoms with E-state index >= 15 is 0 Å². The highest BCUT2D eigenvalue weighted by Gasteiger charge is 2.67. The number of anilines is 1. The van der Waals surface area contributed by atoms with Crippen LogP contribution in [0.1, 0.15) is 29.5 Å². The van der Waals surface area contributed by atoms with Gasteiger partial charge in [-0.15, -0.1) is 19.0 Å². The van der Waals surface area contributed by atoms with E-state index in [1.54, 1.807) is 0 Å². The predicted octanol–water partition coefficient (Wildman–Crippen LogP) is 3.53. The minimum Gasteiger partial charge on any atom is -0.388 e. The number of benzene rings is 2. The summed E-state index contributed by atoms with van der Waals surface area (Å²) in [6, 6.07) is 16.2. The van der Waals surface area contributed by atoms with E-state index in [1.807, 2.05) is 30.3 Å². The second-order valence-corrected chi connectivity index (χ2v) is 12.3. The Morgan fingerprint density at radius 2 is 1.70 bits per heavy atom. The van der Waals surface area contributed by atoms with Crippen LogP contribution in [-0.4, -0.2) is 48.9 Å². The molecule has 1 aliphatic heterocycles. The Kier molecular flexibility index (Phi) is 5.44. The molecule has 1 saturated heterocycles. The molecule has 4 aliphatic rings. The Morgan fingerprint density at radius 3 is 2.27 bits per heavy atom. The molecule has 2 aromatic rings. The van der Waals surface area contributed by atoms with Gasteiger partial charge in [0.15, 0.2) is 0 Å². The van der Waals surface area contributed by atoms with Gasteiger partial charge < -0.3 is 5.11 Å². The quantitative estimate of drug-likeness (QED) is 0.587. The van der Waals surface area contributed by atoms with Gasteiger partial charge in [-0.25, -0.2) is 8.42 Å². The Bertz CT molecular complexity index is 1160. The first-order valence-electron chi connectivity index (χ1n) is 11.6. The molecular formula is C26H31ClN2O3S. The third-order valence-electron chi connectivity index (χ3n) is 8.11. The first-order chi connectivity index (χ1) is 15.3. The number of piperidine rings is 1. The lowest BCUT2D eigenvalue weighted by atomic mass is 9.89. The molecule has 5 nitrogen and oxygen atoms in total. The number of β-amino-alcohol motifs (C(OH)–C–C–N with tert-alkyl or cyclic N) is 1. The average Bonchev–Trinajstić information content (AvgIpc) is 3.63. The Balaban J connectivity index is 0.00000228. The number of rotatable bonds is 7. The average molecular weight is 487 g/mol. The summed E-state index contributed by atoms with van der Waals surface area (Å²) in [5.74, 6) is 0.922. The lowest BCUT2D eigenvalue weighted by Gasteiger charge is -2.32. The summed E-state index contributed by atoms with van der Waals surface area (Å²) in [5.41, 5.74) is 3.55. The fourth-order valence-corrected chi connectivity index (χ4v) is 7.79. The van der Waals surface area contributed by atoms with Crippen LogP contribution >= 0.6 is 12.4 Å². The number of halogens is 1. The number of nitrogens with zero attached hydrogens (tertiary/aromatic N) is 1. The lowest BCUT2D eigenvalue weighted by Crippen LogP contribution is -2.44. The molecule has 0 amide bonds. The van der Waals surface area contributed by atoms with Crippen LogP contribution in [0.25, 0.3) is 0 Å². The minimum atomic E-state index is -3.27. The smallest absolute Gasteiger partial charge is 0.235 e. The highest BCUT2D eigenvalue weighted by Crippen LogP contribution is 2.64. The molecule has 2 atom stereocenters. The number of aliphatic hydroxyl groups is 1. The molecule has 2 saturated carbocycles. The van der Waals surface area contributed by atoms with Crippen molar-refractivity contribution in [2.75, 3.05) is 24.4 Å². The van der Waals surface area contributed by atoms with Crippen LogP contribution in [0.5, 0.6) is 0 Å². The van der Waals surface area contributed by atoms with Crippen LogP contribution in [0.3, 0.4) is 0 Å². The lowest BCUT2D eigenvalue weighted by molar-refractivity contribution is 0.0146. The van der Waals surface area contributed by atoms with E-state index < -0.39 is 15.6 Å². The SMILES string of the molecule is C=CC1(c2cccc(NS(=O)(=O)C3CC3)c2)C2CN(CC3(O)Cc4ccccc4C3)CC21.Cl. The van der Waals surface area contributed by atoms with E-state index in [1.165, 1.54) is 11.1 Å². The third kappa shape index (κ3) is 3.81. The number of hydrogen-bond acceptors (Lipinski definition) is 4. The van der Waals surface area contributed by atoms with E-state index in [0.29, 0.717) is 24.1 Å². The maximum absolute atomic E-state index is 12.4. The van der Waals surface area contributed by atoms with Crippen molar-refractivity contribution < 1.29 is 13.5 Å². The number of hydrogen-bond donors (Lipinski definition) is 2. The van der Waals surface area contributed by atoms with Crippen molar-refractivity contribution in [3.63, 3.8) is 0 Å².